The highest BCUT2D eigenvalue weighted by Crippen LogP contribution is 2.44. The van der Waals surface area contributed by atoms with Gasteiger partial charge in [-0.3, -0.25) is 10.1 Å². The van der Waals surface area contributed by atoms with Crippen molar-refractivity contribution in [3.8, 4) is 5.75 Å². The van der Waals surface area contributed by atoms with Crippen molar-refractivity contribution in [2.24, 2.45) is 5.41 Å². The molecule has 4 nitrogen and oxygen atoms in total. The topological polar surface area (TPSA) is 41.6 Å². The third-order valence-corrected chi connectivity index (χ3v) is 9.66. The van der Waals surface area contributed by atoms with Crippen LogP contribution in [-0.4, -0.2) is 47.7 Å². The fourth-order valence-electron chi connectivity index (χ4n) is 6.43. The molecule has 3 aliphatic rings. The molecule has 1 aromatic rings. The molecule has 1 amide bonds. The number of carbonyl (C=O) groups is 1. The van der Waals surface area contributed by atoms with Gasteiger partial charge in [-0.1, -0.05) is 63.5 Å². The van der Waals surface area contributed by atoms with Gasteiger partial charge in [0.2, 0.25) is 0 Å². The molecule has 4 rings (SSSR count). The Morgan fingerprint density at radius 3 is 2.41 bits per heavy atom. The first-order valence-electron chi connectivity index (χ1n) is 14.0. The molecule has 1 spiro atoms. The highest BCUT2D eigenvalue weighted by Gasteiger charge is 2.45. The maximum atomic E-state index is 13.8. The minimum Gasteiger partial charge on any atom is -0.484 e. The lowest BCUT2D eigenvalue weighted by Gasteiger charge is -2.50. The van der Waals surface area contributed by atoms with Gasteiger partial charge in [0.05, 0.1) is 6.17 Å². The Bertz CT molecular complexity index is 752. The van der Waals surface area contributed by atoms with E-state index in [-0.39, 0.29) is 24.1 Å². The summed E-state index contributed by atoms with van der Waals surface area (Å²) in [6.07, 6.45) is 18.5. The van der Waals surface area contributed by atoms with Gasteiger partial charge in [0.25, 0.3) is 5.91 Å². The van der Waals surface area contributed by atoms with E-state index in [1.165, 1.54) is 95.6 Å². The highest BCUT2D eigenvalue weighted by atomic mass is 32.2. The molecule has 2 heterocycles. The van der Waals surface area contributed by atoms with Gasteiger partial charge < -0.3 is 9.64 Å². The van der Waals surface area contributed by atoms with Crippen molar-refractivity contribution < 1.29 is 9.53 Å². The lowest BCUT2D eigenvalue weighted by Crippen LogP contribution is -2.62. The Hall–Kier alpha value is -1.20. The third kappa shape index (κ3) is 7.16. The van der Waals surface area contributed by atoms with Crippen molar-refractivity contribution >= 4 is 17.7 Å². The van der Waals surface area contributed by atoms with Crippen molar-refractivity contribution in [2.45, 2.75) is 108 Å². The Morgan fingerprint density at radius 1 is 1.03 bits per heavy atom. The van der Waals surface area contributed by atoms with Gasteiger partial charge in [-0.15, -0.1) is 0 Å². The molecule has 2 saturated heterocycles. The van der Waals surface area contributed by atoms with Crippen LogP contribution in [0.5, 0.6) is 5.75 Å². The zero-order valence-corrected chi connectivity index (χ0v) is 22.2. The van der Waals surface area contributed by atoms with E-state index >= 15 is 0 Å². The molecule has 3 fully saturated rings. The van der Waals surface area contributed by atoms with Crippen molar-refractivity contribution in [1.82, 2.24) is 10.2 Å². The maximum Gasteiger partial charge on any atom is 0.261 e. The summed E-state index contributed by atoms with van der Waals surface area (Å²) in [6, 6.07) is 8.05. The molecule has 1 N–H and O–H groups in total. The summed E-state index contributed by atoms with van der Waals surface area (Å²) in [5.41, 5.74) is 1.37. The first-order chi connectivity index (χ1) is 16.7. The van der Waals surface area contributed by atoms with Crippen LogP contribution < -0.4 is 10.1 Å². The molecule has 190 valence electrons. The first kappa shape index (κ1) is 25.9. The quantitative estimate of drug-likeness (QED) is 0.485. The van der Waals surface area contributed by atoms with Crippen LogP contribution in [0.25, 0.3) is 0 Å². The fourth-order valence-corrected chi connectivity index (χ4v) is 7.69. The van der Waals surface area contributed by atoms with E-state index < -0.39 is 0 Å². The van der Waals surface area contributed by atoms with Crippen LogP contribution in [0.4, 0.5) is 0 Å². The lowest BCUT2D eigenvalue weighted by molar-refractivity contribution is -0.142. The number of nitrogens with zero attached hydrogens (tertiary/aromatic N) is 1. The van der Waals surface area contributed by atoms with Crippen LogP contribution in [0.3, 0.4) is 0 Å². The zero-order chi connectivity index (χ0) is 23.6. The fraction of sp³-hybridized carbons (Fsp3) is 0.759. The van der Waals surface area contributed by atoms with Crippen LogP contribution in [0.2, 0.25) is 0 Å². The van der Waals surface area contributed by atoms with Gasteiger partial charge in [-0.05, 0) is 75.4 Å². The standard InChI is InChI=1S/C29H46N2O2S/c1-24-13-10-14-25(21-24)33-23-27(32)31(22-26-15-11-20-34-26)28-29(18-12-19-30-28)16-8-6-4-2-3-5-7-9-17-29/h10,13-14,21,26,28,30H,2-9,11-12,15-20,22-23H2,1H3. The van der Waals surface area contributed by atoms with E-state index in [9.17, 15) is 4.79 Å². The van der Waals surface area contributed by atoms with Gasteiger partial charge in [0, 0.05) is 17.2 Å². The number of ether oxygens (including phenoxy) is 1. The monoisotopic (exact) mass is 486 g/mol. The van der Waals surface area contributed by atoms with Crippen molar-refractivity contribution in [1.29, 1.82) is 0 Å². The minimum absolute atomic E-state index is 0.134. The largest absolute Gasteiger partial charge is 0.484 e. The predicted molar refractivity (Wildman–Crippen MR) is 143 cm³/mol. The molecular weight excluding hydrogens is 440 g/mol. The van der Waals surface area contributed by atoms with E-state index in [1.54, 1.807) is 0 Å². The smallest absolute Gasteiger partial charge is 0.261 e. The number of amides is 1. The average Bonchev–Trinajstić information content (AvgIpc) is 3.34. The molecule has 1 saturated carbocycles. The predicted octanol–water partition coefficient (Wildman–Crippen LogP) is 6.71. The van der Waals surface area contributed by atoms with Gasteiger partial charge in [0.1, 0.15) is 5.75 Å². The number of piperidine rings is 1. The first-order valence-corrected chi connectivity index (χ1v) is 15.1. The Morgan fingerprint density at radius 2 is 1.74 bits per heavy atom. The SMILES string of the molecule is Cc1cccc(OCC(=O)N(CC2CCCS2)C2NCCCC23CCCCCCCCCC3)c1. The third-order valence-electron chi connectivity index (χ3n) is 8.28. The van der Waals surface area contributed by atoms with Crippen LogP contribution in [-0.2, 0) is 4.79 Å². The van der Waals surface area contributed by atoms with Crippen molar-refractivity contribution in [2.75, 3.05) is 25.4 Å². The molecule has 5 heteroatoms. The summed E-state index contributed by atoms with van der Waals surface area (Å²) in [4.78, 5) is 16.0. The summed E-state index contributed by atoms with van der Waals surface area (Å²) in [5, 5.41) is 4.44. The number of carbonyl (C=O) groups excluding carboxylic acids is 1. The van der Waals surface area contributed by atoms with Gasteiger partial charge in [0.15, 0.2) is 6.61 Å². The Kier molecular flexibility index (Phi) is 10.0. The molecule has 34 heavy (non-hydrogen) atoms. The summed E-state index contributed by atoms with van der Waals surface area (Å²) < 4.78 is 6.03. The molecule has 0 bridgehead atoms. The number of hydrogen-bond acceptors (Lipinski definition) is 4. The molecule has 1 aromatic carbocycles. The molecule has 1 aliphatic carbocycles. The summed E-state index contributed by atoms with van der Waals surface area (Å²) in [7, 11) is 0. The maximum absolute atomic E-state index is 13.8. The number of aryl methyl sites for hydroxylation is 1. The normalized spacial score (nSPS) is 26.0. The second kappa shape index (κ2) is 13.2. The van der Waals surface area contributed by atoms with Gasteiger partial charge in [-0.2, -0.15) is 11.8 Å². The number of hydrogen-bond donors (Lipinski definition) is 1. The lowest BCUT2D eigenvalue weighted by atomic mass is 9.69. The van der Waals surface area contributed by atoms with Gasteiger partial charge >= 0.3 is 0 Å². The Balaban J connectivity index is 1.53. The minimum atomic E-state index is 0.134. The zero-order valence-electron chi connectivity index (χ0n) is 21.4. The molecule has 0 aromatic heterocycles. The van der Waals surface area contributed by atoms with Crippen molar-refractivity contribution in [3.05, 3.63) is 29.8 Å². The number of rotatable bonds is 6. The van der Waals surface area contributed by atoms with Crippen molar-refractivity contribution in [3.63, 3.8) is 0 Å². The summed E-state index contributed by atoms with van der Waals surface area (Å²) >= 11 is 2.06. The number of benzene rings is 1. The summed E-state index contributed by atoms with van der Waals surface area (Å²) in [5.74, 6) is 2.18. The van der Waals surface area contributed by atoms with E-state index in [0.29, 0.717) is 5.25 Å². The molecule has 0 radical (unpaired) electrons. The molecule has 2 atom stereocenters. The van der Waals surface area contributed by atoms with Crippen LogP contribution in [0.15, 0.2) is 24.3 Å². The second-order valence-corrected chi connectivity index (χ2v) is 12.3. The van der Waals surface area contributed by atoms with E-state index in [4.69, 9.17) is 4.74 Å². The average molecular weight is 487 g/mol. The molecule has 2 aliphatic heterocycles. The number of thioether (sulfide) groups is 1. The van der Waals surface area contributed by atoms with Crippen LogP contribution in [0.1, 0.15) is 95.5 Å². The number of nitrogens with one attached hydrogen (secondary N) is 1. The van der Waals surface area contributed by atoms with Gasteiger partial charge in [-0.25, -0.2) is 0 Å². The van der Waals surface area contributed by atoms with E-state index in [1.807, 2.05) is 18.2 Å². The second-order valence-electron chi connectivity index (χ2n) is 10.9. The van der Waals surface area contributed by atoms with Crippen LogP contribution >= 0.6 is 11.8 Å². The summed E-state index contributed by atoms with van der Waals surface area (Å²) in [6.45, 7) is 4.08. The highest BCUT2D eigenvalue weighted by molar-refractivity contribution is 8.00. The van der Waals surface area contributed by atoms with E-state index in [2.05, 4.69) is 35.0 Å². The van der Waals surface area contributed by atoms with E-state index in [0.717, 1.165) is 24.4 Å². The molecular formula is C29H46N2O2S. The van der Waals surface area contributed by atoms with Crippen LogP contribution in [0, 0.1) is 12.3 Å². The molecule has 2 unspecified atom stereocenters. The Labute approximate surface area is 212 Å².